The second-order valence-electron chi connectivity index (χ2n) is 4.68. The molecule has 1 aromatic heterocycles. The van der Waals surface area contributed by atoms with Crippen LogP contribution >= 0.6 is 0 Å². The molecule has 4 nitrogen and oxygen atoms in total. The van der Waals surface area contributed by atoms with Crippen LogP contribution in [0.4, 0.5) is 0 Å². The number of hydrogen-bond acceptors (Lipinski definition) is 4. The zero-order valence-electron chi connectivity index (χ0n) is 11.6. The van der Waals surface area contributed by atoms with Gasteiger partial charge in [-0.05, 0) is 37.9 Å². The second kappa shape index (κ2) is 6.38. The molecule has 2 rings (SSSR count). The van der Waals surface area contributed by atoms with Gasteiger partial charge in [0.1, 0.15) is 17.5 Å². The van der Waals surface area contributed by atoms with Gasteiger partial charge in [-0.2, -0.15) is 0 Å². The van der Waals surface area contributed by atoms with Gasteiger partial charge in [0.25, 0.3) is 0 Å². The Kier molecular flexibility index (Phi) is 4.58. The van der Waals surface area contributed by atoms with Gasteiger partial charge in [0.15, 0.2) is 0 Å². The van der Waals surface area contributed by atoms with Crippen molar-refractivity contribution in [1.82, 2.24) is 15.0 Å². The van der Waals surface area contributed by atoms with Gasteiger partial charge in [-0.3, -0.25) is 0 Å². The molecule has 0 radical (unpaired) electrons. The molecule has 2 N–H and O–H groups in total. The monoisotopic (exact) mass is 256 g/mol. The Balaban J connectivity index is 2.09. The molecule has 0 aliphatic heterocycles. The first kappa shape index (κ1) is 13.6. The fourth-order valence-corrected chi connectivity index (χ4v) is 2.09. The summed E-state index contributed by atoms with van der Waals surface area (Å²) in [7, 11) is 0. The highest BCUT2D eigenvalue weighted by atomic mass is 15.0. The molecule has 2 aromatic rings. The molecule has 0 amide bonds. The molecule has 4 heteroatoms. The molecule has 0 atom stereocenters. The third-order valence-electron chi connectivity index (χ3n) is 3.09. The molecule has 1 heterocycles. The van der Waals surface area contributed by atoms with Gasteiger partial charge in [-0.15, -0.1) is 0 Å². The first-order valence-electron chi connectivity index (χ1n) is 6.64. The molecule has 0 spiro atoms. The third kappa shape index (κ3) is 3.83. The number of aryl methyl sites for hydroxylation is 4. The number of aromatic nitrogens is 3. The maximum absolute atomic E-state index is 5.55. The zero-order valence-corrected chi connectivity index (χ0v) is 11.6. The Morgan fingerprint density at radius 3 is 2.26 bits per heavy atom. The fourth-order valence-electron chi connectivity index (χ4n) is 2.09. The zero-order chi connectivity index (χ0) is 13.7. The summed E-state index contributed by atoms with van der Waals surface area (Å²) in [5, 5.41) is 0. The van der Waals surface area contributed by atoms with E-state index in [2.05, 4.69) is 46.1 Å². The van der Waals surface area contributed by atoms with E-state index in [1.165, 1.54) is 11.1 Å². The third-order valence-corrected chi connectivity index (χ3v) is 3.09. The standard InChI is InChI=1S/C15H20N4/c1-11-5-3-4-6-13(11)7-8-14-17-12(2)18-15(19-14)9-10-16/h3-6H,7-10,16H2,1-2H3. The quantitative estimate of drug-likeness (QED) is 0.885. The number of benzene rings is 1. The summed E-state index contributed by atoms with van der Waals surface area (Å²) < 4.78 is 0. The molecule has 0 saturated heterocycles. The largest absolute Gasteiger partial charge is 0.330 e. The van der Waals surface area contributed by atoms with Crippen molar-refractivity contribution in [3.05, 3.63) is 52.9 Å². The van der Waals surface area contributed by atoms with Gasteiger partial charge in [-0.1, -0.05) is 24.3 Å². The summed E-state index contributed by atoms with van der Waals surface area (Å²) in [4.78, 5) is 13.2. The Hall–Kier alpha value is -1.81. The molecule has 0 aliphatic rings. The van der Waals surface area contributed by atoms with Crippen LogP contribution in [0.25, 0.3) is 0 Å². The van der Waals surface area contributed by atoms with Crippen LogP contribution in [0.1, 0.15) is 28.6 Å². The van der Waals surface area contributed by atoms with E-state index in [9.17, 15) is 0 Å². The molecular formula is C15H20N4. The lowest BCUT2D eigenvalue weighted by molar-refractivity contribution is 0.754. The van der Waals surface area contributed by atoms with Crippen LogP contribution < -0.4 is 5.73 Å². The Morgan fingerprint density at radius 2 is 1.58 bits per heavy atom. The van der Waals surface area contributed by atoms with E-state index in [0.29, 0.717) is 13.0 Å². The van der Waals surface area contributed by atoms with Crippen LogP contribution in [0.5, 0.6) is 0 Å². The van der Waals surface area contributed by atoms with Gasteiger partial charge < -0.3 is 5.73 Å². The minimum absolute atomic E-state index is 0.570. The van der Waals surface area contributed by atoms with Crippen molar-refractivity contribution in [3.63, 3.8) is 0 Å². The lowest BCUT2D eigenvalue weighted by Gasteiger charge is -2.06. The molecule has 100 valence electrons. The molecule has 0 unspecified atom stereocenters. The van der Waals surface area contributed by atoms with Crippen LogP contribution in [0, 0.1) is 13.8 Å². The Morgan fingerprint density at radius 1 is 0.895 bits per heavy atom. The van der Waals surface area contributed by atoms with Crippen LogP contribution in [0.2, 0.25) is 0 Å². The lowest BCUT2D eigenvalue weighted by atomic mass is 10.0. The van der Waals surface area contributed by atoms with Crippen molar-refractivity contribution < 1.29 is 0 Å². The second-order valence-corrected chi connectivity index (χ2v) is 4.68. The maximum atomic E-state index is 5.55. The Labute approximate surface area is 114 Å². The van der Waals surface area contributed by atoms with Gasteiger partial charge >= 0.3 is 0 Å². The van der Waals surface area contributed by atoms with E-state index >= 15 is 0 Å². The van der Waals surface area contributed by atoms with Crippen molar-refractivity contribution in [2.45, 2.75) is 33.1 Å². The average Bonchev–Trinajstić information content (AvgIpc) is 2.37. The van der Waals surface area contributed by atoms with Gasteiger partial charge in [0.2, 0.25) is 0 Å². The molecular weight excluding hydrogens is 236 g/mol. The normalized spacial score (nSPS) is 10.7. The van der Waals surface area contributed by atoms with Gasteiger partial charge in [-0.25, -0.2) is 15.0 Å². The number of nitrogens with two attached hydrogens (primary N) is 1. The minimum Gasteiger partial charge on any atom is -0.330 e. The fraction of sp³-hybridized carbons (Fsp3) is 0.400. The van der Waals surface area contributed by atoms with Gasteiger partial charge in [0.05, 0.1) is 0 Å². The summed E-state index contributed by atoms with van der Waals surface area (Å²) in [5.74, 6) is 2.44. The molecule has 1 aromatic carbocycles. The first-order chi connectivity index (χ1) is 9.19. The molecule has 0 fully saturated rings. The van der Waals surface area contributed by atoms with E-state index in [-0.39, 0.29) is 0 Å². The number of nitrogens with zero attached hydrogens (tertiary/aromatic N) is 3. The van der Waals surface area contributed by atoms with E-state index in [1.807, 2.05) is 6.92 Å². The number of rotatable bonds is 5. The topological polar surface area (TPSA) is 64.7 Å². The first-order valence-corrected chi connectivity index (χ1v) is 6.64. The maximum Gasteiger partial charge on any atom is 0.133 e. The van der Waals surface area contributed by atoms with E-state index < -0.39 is 0 Å². The van der Waals surface area contributed by atoms with E-state index in [0.717, 1.165) is 30.3 Å². The highest BCUT2D eigenvalue weighted by Crippen LogP contribution is 2.10. The number of hydrogen-bond donors (Lipinski definition) is 1. The van der Waals surface area contributed by atoms with Gasteiger partial charge in [0, 0.05) is 12.8 Å². The SMILES string of the molecule is Cc1nc(CCN)nc(CCc2ccccc2C)n1. The smallest absolute Gasteiger partial charge is 0.133 e. The highest BCUT2D eigenvalue weighted by molar-refractivity contribution is 5.26. The predicted octanol–water partition coefficient (Wildman–Crippen LogP) is 1.77. The Bertz CT molecular complexity index is 552. The van der Waals surface area contributed by atoms with Crippen LogP contribution in [-0.4, -0.2) is 21.5 Å². The average molecular weight is 256 g/mol. The minimum atomic E-state index is 0.570. The molecule has 19 heavy (non-hydrogen) atoms. The molecule has 0 bridgehead atoms. The van der Waals surface area contributed by atoms with Crippen LogP contribution in [0.3, 0.4) is 0 Å². The molecule has 0 aliphatic carbocycles. The highest BCUT2D eigenvalue weighted by Gasteiger charge is 2.05. The van der Waals surface area contributed by atoms with Crippen LogP contribution in [0.15, 0.2) is 24.3 Å². The summed E-state index contributed by atoms with van der Waals surface area (Å²) in [5.41, 5.74) is 8.21. The van der Waals surface area contributed by atoms with Crippen molar-refractivity contribution >= 4 is 0 Å². The molecule has 0 saturated carbocycles. The van der Waals surface area contributed by atoms with Crippen molar-refractivity contribution in [3.8, 4) is 0 Å². The summed E-state index contributed by atoms with van der Waals surface area (Å²) >= 11 is 0. The van der Waals surface area contributed by atoms with E-state index in [1.54, 1.807) is 0 Å². The van der Waals surface area contributed by atoms with Crippen molar-refractivity contribution in [1.29, 1.82) is 0 Å². The van der Waals surface area contributed by atoms with Crippen molar-refractivity contribution in [2.75, 3.05) is 6.54 Å². The summed E-state index contributed by atoms with van der Waals surface area (Å²) in [6.07, 6.45) is 2.50. The van der Waals surface area contributed by atoms with Crippen molar-refractivity contribution in [2.24, 2.45) is 5.73 Å². The summed E-state index contributed by atoms with van der Waals surface area (Å²) in [6, 6.07) is 8.42. The van der Waals surface area contributed by atoms with E-state index in [4.69, 9.17) is 5.73 Å². The lowest BCUT2D eigenvalue weighted by Crippen LogP contribution is -2.11. The summed E-state index contributed by atoms with van der Waals surface area (Å²) in [6.45, 7) is 4.60. The van der Waals surface area contributed by atoms with Crippen LogP contribution in [-0.2, 0) is 19.3 Å². The predicted molar refractivity (Wildman–Crippen MR) is 75.9 cm³/mol.